The first-order valence-corrected chi connectivity index (χ1v) is 6.84. The van der Waals surface area contributed by atoms with Crippen LogP contribution in [0.5, 0.6) is 0 Å². The van der Waals surface area contributed by atoms with Crippen LogP contribution in [0.3, 0.4) is 0 Å². The summed E-state index contributed by atoms with van der Waals surface area (Å²) in [5.74, 6) is 0.507. The molecular formula is C13H18BrNO. The third-order valence-corrected chi connectivity index (χ3v) is 4.45. The van der Waals surface area contributed by atoms with Gasteiger partial charge in [-0.25, -0.2) is 0 Å². The molecule has 0 saturated carbocycles. The number of aromatic nitrogens is 1. The Morgan fingerprint density at radius 2 is 2.25 bits per heavy atom. The molecule has 3 unspecified atom stereocenters. The summed E-state index contributed by atoms with van der Waals surface area (Å²) >= 11 is 3.79. The van der Waals surface area contributed by atoms with Crippen LogP contribution in [0.4, 0.5) is 0 Å². The Morgan fingerprint density at radius 1 is 1.50 bits per heavy atom. The van der Waals surface area contributed by atoms with Gasteiger partial charge in [-0.2, -0.15) is 0 Å². The first kappa shape index (κ1) is 12.1. The summed E-state index contributed by atoms with van der Waals surface area (Å²) in [6, 6.07) is 4.18. The van der Waals surface area contributed by atoms with Crippen LogP contribution in [-0.2, 0) is 4.74 Å². The zero-order valence-corrected chi connectivity index (χ0v) is 11.2. The monoisotopic (exact) mass is 283 g/mol. The van der Waals surface area contributed by atoms with E-state index in [2.05, 4.69) is 40.0 Å². The molecule has 16 heavy (non-hydrogen) atoms. The SMILES string of the molecule is CC(c1ccncc1)C(Br)CC1CCCO1. The van der Waals surface area contributed by atoms with Crippen molar-refractivity contribution >= 4 is 15.9 Å². The van der Waals surface area contributed by atoms with E-state index in [1.807, 2.05) is 12.4 Å². The number of rotatable bonds is 4. The number of nitrogens with zero attached hydrogens (tertiary/aromatic N) is 1. The van der Waals surface area contributed by atoms with Gasteiger partial charge in [0.1, 0.15) is 0 Å². The molecule has 2 rings (SSSR count). The van der Waals surface area contributed by atoms with Crippen LogP contribution in [-0.4, -0.2) is 22.5 Å². The number of halogens is 1. The maximum atomic E-state index is 5.67. The zero-order chi connectivity index (χ0) is 11.4. The Bertz CT molecular complexity index is 311. The second-order valence-corrected chi connectivity index (χ2v) is 5.63. The molecule has 88 valence electrons. The fourth-order valence-electron chi connectivity index (χ4n) is 2.16. The minimum Gasteiger partial charge on any atom is -0.378 e. The summed E-state index contributed by atoms with van der Waals surface area (Å²) in [5.41, 5.74) is 1.34. The third kappa shape index (κ3) is 3.05. The molecule has 0 amide bonds. The lowest BCUT2D eigenvalue weighted by molar-refractivity contribution is 0.103. The summed E-state index contributed by atoms with van der Waals surface area (Å²) in [7, 11) is 0. The summed E-state index contributed by atoms with van der Waals surface area (Å²) in [5, 5.41) is 0. The number of ether oxygens (including phenoxy) is 1. The predicted molar refractivity (Wildman–Crippen MR) is 69.0 cm³/mol. The maximum absolute atomic E-state index is 5.67. The first-order valence-electron chi connectivity index (χ1n) is 5.93. The summed E-state index contributed by atoms with van der Waals surface area (Å²) < 4.78 is 5.67. The number of pyridine rings is 1. The van der Waals surface area contributed by atoms with Crippen molar-refractivity contribution < 1.29 is 4.74 Å². The molecule has 0 aliphatic carbocycles. The average Bonchev–Trinajstić information content (AvgIpc) is 2.82. The van der Waals surface area contributed by atoms with Crippen molar-refractivity contribution in [3.63, 3.8) is 0 Å². The Balaban J connectivity index is 1.91. The molecule has 3 heteroatoms. The van der Waals surface area contributed by atoms with E-state index < -0.39 is 0 Å². The molecule has 1 saturated heterocycles. The summed E-state index contributed by atoms with van der Waals surface area (Å²) in [6.45, 7) is 3.19. The van der Waals surface area contributed by atoms with Crippen molar-refractivity contribution in [3.05, 3.63) is 30.1 Å². The average molecular weight is 284 g/mol. The lowest BCUT2D eigenvalue weighted by atomic mass is 9.95. The van der Waals surface area contributed by atoms with Crippen molar-refractivity contribution in [2.75, 3.05) is 6.61 Å². The van der Waals surface area contributed by atoms with E-state index in [1.54, 1.807) is 0 Å². The summed E-state index contributed by atoms with van der Waals surface area (Å²) in [4.78, 5) is 4.53. The van der Waals surface area contributed by atoms with Crippen molar-refractivity contribution in [1.82, 2.24) is 4.98 Å². The molecule has 1 aromatic rings. The van der Waals surface area contributed by atoms with Gasteiger partial charge < -0.3 is 4.74 Å². The molecule has 0 bridgehead atoms. The van der Waals surface area contributed by atoms with E-state index >= 15 is 0 Å². The van der Waals surface area contributed by atoms with Gasteiger partial charge >= 0.3 is 0 Å². The van der Waals surface area contributed by atoms with Crippen LogP contribution in [0.1, 0.15) is 37.7 Å². The molecule has 2 nitrogen and oxygen atoms in total. The predicted octanol–water partition coefficient (Wildman–Crippen LogP) is 3.52. The van der Waals surface area contributed by atoms with E-state index in [4.69, 9.17) is 4.74 Å². The van der Waals surface area contributed by atoms with Crippen LogP contribution in [0.15, 0.2) is 24.5 Å². The fraction of sp³-hybridized carbons (Fsp3) is 0.615. The van der Waals surface area contributed by atoms with Crippen LogP contribution < -0.4 is 0 Å². The molecule has 0 aromatic carbocycles. The lowest BCUT2D eigenvalue weighted by Gasteiger charge is -2.21. The standard InChI is InChI=1S/C13H18BrNO/c1-10(11-4-6-15-7-5-11)13(14)9-12-3-2-8-16-12/h4-7,10,12-13H,2-3,8-9H2,1H3. The van der Waals surface area contributed by atoms with Gasteiger partial charge in [-0.3, -0.25) is 4.98 Å². The van der Waals surface area contributed by atoms with E-state index in [0.717, 1.165) is 13.0 Å². The fourth-order valence-corrected chi connectivity index (χ4v) is 2.88. The zero-order valence-electron chi connectivity index (χ0n) is 9.60. The van der Waals surface area contributed by atoms with Crippen LogP contribution in [0.2, 0.25) is 0 Å². The number of alkyl halides is 1. The van der Waals surface area contributed by atoms with Gasteiger partial charge in [-0.1, -0.05) is 22.9 Å². The molecule has 0 spiro atoms. The Kier molecular flexibility index (Phi) is 4.36. The molecule has 1 aromatic heterocycles. The van der Waals surface area contributed by atoms with Crippen LogP contribution in [0, 0.1) is 0 Å². The van der Waals surface area contributed by atoms with Gasteiger partial charge in [-0.15, -0.1) is 0 Å². The van der Waals surface area contributed by atoms with Gasteiger partial charge in [0.15, 0.2) is 0 Å². The smallest absolute Gasteiger partial charge is 0.0586 e. The largest absolute Gasteiger partial charge is 0.378 e. The molecule has 2 heterocycles. The number of hydrogen-bond donors (Lipinski definition) is 0. The van der Waals surface area contributed by atoms with Crippen molar-refractivity contribution in [1.29, 1.82) is 0 Å². The van der Waals surface area contributed by atoms with Crippen molar-refractivity contribution in [2.45, 2.75) is 43.0 Å². The minimum atomic E-state index is 0.452. The van der Waals surface area contributed by atoms with E-state index in [-0.39, 0.29) is 0 Å². The molecular weight excluding hydrogens is 266 g/mol. The normalized spacial score (nSPS) is 24.2. The highest BCUT2D eigenvalue weighted by molar-refractivity contribution is 9.09. The molecule has 1 aliphatic heterocycles. The molecule has 3 atom stereocenters. The highest BCUT2D eigenvalue weighted by atomic mass is 79.9. The topological polar surface area (TPSA) is 22.1 Å². The van der Waals surface area contributed by atoms with Gasteiger partial charge in [0.25, 0.3) is 0 Å². The molecule has 0 radical (unpaired) electrons. The molecule has 1 fully saturated rings. The minimum absolute atomic E-state index is 0.452. The van der Waals surface area contributed by atoms with Gasteiger partial charge in [0.05, 0.1) is 6.10 Å². The van der Waals surface area contributed by atoms with Gasteiger partial charge in [0.2, 0.25) is 0 Å². The quantitative estimate of drug-likeness (QED) is 0.789. The van der Waals surface area contributed by atoms with Crippen molar-refractivity contribution in [3.8, 4) is 0 Å². The Hall–Kier alpha value is -0.410. The van der Waals surface area contributed by atoms with Crippen molar-refractivity contribution in [2.24, 2.45) is 0 Å². The van der Waals surface area contributed by atoms with Crippen LogP contribution >= 0.6 is 15.9 Å². The number of hydrogen-bond acceptors (Lipinski definition) is 2. The molecule has 1 aliphatic rings. The van der Waals surface area contributed by atoms with E-state index in [9.17, 15) is 0 Å². The van der Waals surface area contributed by atoms with E-state index in [1.165, 1.54) is 18.4 Å². The highest BCUT2D eigenvalue weighted by Crippen LogP contribution is 2.30. The van der Waals surface area contributed by atoms with Gasteiger partial charge in [-0.05, 0) is 42.9 Å². The maximum Gasteiger partial charge on any atom is 0.0586 e. The lowest BCUT2D eigenvalue weighted by Crippen LogP contribution is -2.17. The molecule has 0 N–H and O–H groups in total. The van der Waals surface area contributed by atoms with E-state index in [0.29, 0.717) is 16.8 Å². The third-order valence-electron chi connectivity index (χ3n) is 3.29. The Labute approximate surface area is 106 Å². The summed E-state index contributed by atoms with van der Waals surface area (Å²) in [6.07, 6.45) is 7.70. The van der Waals surface area contributed by atoms with Gasteiger partial charge in [0, 0.05) is 23.8 Å². The first-order chi connectivity index (χ1) is 7.77. The highest BCUT2D eigenvalue weighted by Gasteiger charge is 2.23. The Morgan fingerprint density at radius 3 is 2.88 bits per heavy atom. The van der Waals surface area contributed by atoms with Crippen LogP contribution in [0.25, 0.3) is 0 Å². The second kappa shape index (κ2) is 5.78. The second-order valence-electron chi connectivity index (χ2n) is 4.46.